The number of anilines is 1. The summed E-state index contributed by atoms with van der Waals surface area (Å²) in [6.45, 7) is 4.48. The van der Waals surface area contributed by atoms with Gasteiger partial charge in [-0.05, 0) is 74.5 Å². The maximum absolute atomic E-state index is 16.5. The molecule has 0 radical (unpaired) electrons. The van der Waals surface area contributed by atoms with Crippen LogP contribution >= 0.6 is 0 Å². The molecule has 0 unspecified atom stereocenters. The van der Waals surface area contributed by atoms with E-state index >= 15 is 4.39 Å². The molecule has 8 heteroatoms. The van der Waals surface area contributed by atoms with Gasteiger partial charge in [-0.15, -0.1) is 0 Å². The number of rotatable bonds is 5. The molecule has 0 aliphatic carbocycles. The minimum absolute atomic E-state index is 0.0452. The Morgan fingerprint density at radius 3 is 2.46 bits per heavy atom. The largest absolute Gasteiger partial charge is 0.508 e. The van der Waals surface area contributed by atoms with Crippen LogP contribution in [0.25, 0.3) is 32.9 Å². The standard InChI is InChI=1S/C31H34FN5O2/c32-26-27(24-18-22(38)17-21-9-3-4-10-23(21)24)33-19-25-28(26)34-30(35-29(25)36-13-5-1-2-6-14-36)39-20-31-11-7-15-37(31)16-8-12-31/h3-4,9-10,17-19,38H,1-2,5-8,11-16,20H2. The highest BCUT2D eigenvalue weighted by Gasteiger charge is 2.45. The molecule has 39 heavy (non-hydrogen) atoms. The lowest BCUT2D eigenvalue weighted by molar-refractivity contribution is 0.108. The van der Waals surface area contributed by atoms with Crippen LogP contribution in [-0.4, -0.2) is 63.3 Å². The smallest absolute Gasteiger partial charge is 0.319 e. The van der Waals surface area contributed by atoms with Crippen molar-refractivity contribution in [2.24, 2.45) is 0 Å². The van der Waals surface area contributed by atoms with Crippen molar-refractivity contribution >= 4 is 27.5 Å². The maximum Gasteiger partial charge on any atom is 0.319 e. The SMILES string of the molecule is Oc1cc(-c2ncc3c(N4CCCCCC4)nc(OCC45CCCN4CCC5)nc3c2F)c2ccccc2c1. The quantitative estimate of drug-likeness (QED) is 0.337. The molecule has 202 valence electrons. The molecule has 2 aromatic carbocycles. The van der Waals surface area contributed by atoms with Gasteiger partial charge in [0.05, 0.1) is 10.9 Å². The Balaban J connectivity index is 1.35. The Morgan fingerprint density at radius 1 is 0.897 bits per heavy atom. The molecule has 4 aromatic rings. The van der Waals surface area contributed by atoms with E-state index in [2.05, 4.69) is 19.8 Å². The summed E-state index contributed by atoms with van der Waals surface area (Å²) in [6.07, 6.45) is 10.8. The maximum atomic E-state index is 16.5. The van der Waals surface area contributed by atoms with Gasteiger partial charge in [-0.2, -0.15) is 9.97 Å². The van der Waals surface area contributed by atoms with Crippen LogP contribution in [0.3, 0.4) is 0 Å². The van der Waals surface area contributed by atoms with Crippen LogP contribution in [0.4, 0.5) is 10.2 Å². The molecule has 0 amide bonds. The first-order valence-electron chi connectivity index (χ1n) is 14.3. The fourth-order valence-corrected chi connectivity index (χ4v) is 6.95. The highest BCUT2D eigenvalue weighted by Crippen LogP contribution is 2.40. The second kappa shape index (κ2) is 9.90. The summed E-state index contributed by atoms with van der Waals surface area (Å²) < 4.78 is 22.8. The Morgan fingerprint density at radius 2 is 1.67 bits per heavy atom. The number of fused-ring (bicyclic) bond motifs is 3. The van der Waals surface area contributed by atoms with Crippen molar-refractivity contribution in [1.82, 2.24) is 19.9 Å². The Kier molecular flexibility index (Phi) is 6.22. The lowest BCUT2D eigenvalue weighted by Gasteiger charge is -2.31. The highest BCUT2D eigenvalue weighted by atomic mass is 19.1. The van der Waals surface area contributed by atoms with E-state index < -0.39 is 5.82 Å². The number of hydrogen-bond donors (Lipinski definition) is 1. The van der Waals surface area contributed by atoms with Crippen LogP contribution < -0.4 is 9.64 Å². The van der Waals surface area contributed by atoms with Gasteiger partial charge in [0.1, 0.15) is 29.4 Å². The van der Waals surface area contributed by atoms with Gasteiger partial charge in [0.15, 0.2) is 5.82 Å². The number of nitrogens with zero attached hydrogens (tertiary/aromatic N) is 5. The van der Waals surface area contributed by atoms with Crippen LogP contribution in [0.15, 0.2) is 42.6 Å². The average molecular weight is 528 g/mol. The van der Waals surface area contributed by atoms with Crippen molar-refractivity contribution in [2.45, 2.75) is 56.9 Å². The van der Waals surface area contributed by atoms with Crippen LogP contribution in [0.5, 0.6) is 11.8 Å². The van der Waals surface area contributed by atoms with Crippen molar-refractivity contribution in [3.63, 3.8) is 0 Å². The van der Waals surface area contributed by atoms with E-state index in [9.17, 15) is 5.11 Å². The number of aromatic nitrogens is 3. The van der Waals surface area contributed by atoms with Gasteiger partial charge in [0, 0.05) is 24.8 Å². The Hall–Kier alpha value is -3.52. The molecule has 1 N–H and O–H groups in total. The van der Waals surface area contributed by atoms with Crippen LogP contribution in [0.1, 0.15) is 51.4 Å². The molecule has 3 saturated heterocycles. The Bertz CT molecular complexity index is 1520. The third-order valence-corrected chi connectivity index (χ3v) is 8.93. The molecule has 3 aliphatic rings. The second-order valence-electron chi connectivity index (χ2n) is 11.3. The molecule has 5 heterocycles. The van der Waals surface area contributed by atoms with E-state index in [1.807, 2.05) is 24.3 Å². The van der Waals surface area contributed by atoms with E-state index in [0.717, 1.165) is 62.6 Å². The zero-order valence-corrected chi connectivity index (χ0v) is 22.2. The van der Waals surface area contributed by atoms with E-state index in [0.29, 0.717) is 23.4 Å². The van der Waals surface area contributed by atoms with E-state index in [-0.39, 0.29) is 28.5 Å². The minimum atomic E-state index is -0.520. The zero-order chi connectivity index (χ0) is 26.4. The predicted molar refractivity (Wildman–Crippen MR) is 151 cm³/mol. The topological polar surface area (TPSA) is 74.6 Å². The molecular weight excluding hydrogens is 493 g/mol. The normalized spacial score (nSPS) is 19.5. The van der Waals surface area contributed by atoms with Gasteiger partial charge < -0.3 is 14.7 Å². The average Bonchev–Trinajstić information content (AvgIpc) is 3.41. The molecule has 0 atom stereocenters. The third-order valence-electron chi connectivity index (χ3n) is 8.93. The lowest BCUT2D eigenvalue weighted by atomic mass is 9.95. The fraction of sp³-hybridized carbons (Fsp3) is 0.452. The van der Waals surface area contributed by atoms with E-state index in [1.54, 1.807) is 18.3 Å². The summed E-state index contributed by atoms with van der Waals surface area (Å²) >= 11 is 0. The molecule has 3 fully saturated rings. The Labute approximate surface area is 227 Å². The summed E-state index contributed by atoms with van der Waals surface area (Å²) in [5.41, 5.74) is 0.957. The number of halogens is 1. The summed E-state index contributed by atoms with van der Waals surface area (Å²) in [7, 11) is 0. The molecule has 7 nitrogen and oxygen atoms in total. The highest BCUT2D eigenvalue weighted by molar-refractivity contribution is 5.99. The van der Waals surface area contributed by atoms with Gasteiger partial charge >= 0.3 is 6.01 Å². The lowest BCUT2D eigenvalue weighted by Crippen LogP contribution is -2.43. The van der Waals surface area contributed by atoms with Crippen molar-refractivity contribution in [3.05, 3.63) is 48.4 Å². The molecule has 3 aliphatic heterocycles. The van der Waals surface area contributed by atoms with Gasteiger partial charge in [-0.25, -0.2) is 4.39 Å². The van der Waals surface area contributed by atoms with Crippen LogP contribution in [0.2, 0.25) is 0 Å². The summed E-state index contributed by atoms with van der Waals surface area (Å²) in [5.74, 6) is 0.245. The number of phenolic OH excluding ortho intramolecular Hbond substituents is 1. The van der Waals surface area contributed by atoms with Crippen LogP contribution in [-0.2, 0) is 0 Å². The summed E-state index contributed by atoms with van der Waals surface area (Å²) in [5, 5.41) is 12.6. The van der Waals surface area contributed by atoms with Gasteiger partial charge in [-0.1, -0.05) is 37.1 Å². The first-order valence-corrected chi connectivity index (χ1v) is 14.3. The molecule has 0 saturated carbocycles. The zero-order valence-electron chi connectivity index (χ0n) is 22.2. The van der Waals surface area contributed by atoms with Gasteiger partial charge in [0.25, 0.3) is 0 Å². The molecule has 0 spiro atoms. The van der Waals surface area contributed by atoms with Gasteiger partial charge in [-0.3, -0.25) is 9.88 Å². The number of aromatic hydroxyl groups is 1. The summed E-state index contributed by atoms with van der Waals surface area (Å²) in [4.78, 5) is 18.9. The summed E-state index contributed by atoms with van der Waals surface area (Å²) in [6, 6.07) is 11.1. The van der Waals surface area contributed by atoms with Crippen molar-refractivity contribution in [2.75, 3.05) is 37.7 Å². The number of hydrogen-bond acceptors (Lipinski definition) is 7. The monoisotopic (exact) mass is 527 g/mol. The van der Waals surface area contributed by atoms with Gasteiger partial charge in [0.2, 0.25) is 0 Å². The number of pyridine rings is 1. The number of ether oxygens (including phenoxy) is 1. The molecule has 2 aromatic heterocycles. The van der Waals surface area contributed by atoms with Crippen molar-refractivity contribution in [3.8, 4) is 23.0 Å². The molecule has 0 bridgehead atoms. The van der Waals surface area contributed by atoms with Crippen molar-refractivity contribution in [1.29, 1.82) is 0 Å². The molecular formula is C31H34FN5O2. The number of phenols is 1. The first-order chi connectivity index (χ1) is 19.1. The second-order valence-corrected chi connectivity index (χ2v) is 11.3. The van der Waals surface area contributed by atoms with Crippen molar-refractivity contribution < 1.29 is 14.2 Å². The molecule has 7 rings (SSSR count). The third kappa shape index (κ3) is 4.35. The van der Waals surface area contributed by atoms with E-state index in [1.165, 1.54) is 25.7 Å². The number of benzene rings is 2. The van der Waals surface area contributed by atoms with E-state index in [4.69, 9.17) is 9.72 Å². The minimum Gasteiger partial charge on any atom is -0.508 e. The predicted octanol–water partition coefficient (Wildman–Crippen LogP) is 6.08. The first kappa shape index (κ1) is 24.5. The fourth-order valence-electron chi connectivity index (χ4n) is 6.95. The van der Waals surface area contributed by atoms with Crippen LogP contribution in [0, 0.1) is 5.82 Å².